The summed E-state index contributed by atoms with van der Waals surface area (Å²) >= 11 is 0. The van der Waals surface area contributed by atoms with Gasteiger partial charge in [-0.15, -0.1) is 0 Å². The van der Waals surface area contributed by atoms with E-state index in [0.717, 1.165) is 5.56 Å². The molecular formula is C12H12FNO2. The maximum atomic E-state index is 13.7. The molecule has 16 heavy (non-hydrogen) atoms. The zero-order chi connectivity index (χ0) is 11.4. The van der Waals surface area contributed by atoms with E-state index < -0.39 is 0 Å². The molecule has 0 unspecified atom stereocenters. The van der Waals surface area contributed by atoms with E-state index in [9.17, 15) is 4.39 Å². The predicted molar refractivity (Wildman–Crippen MR) is 57.2 cm³/mol. The lowest BCUT2D eigenvalue weighted by Gasteiger charge is -2.03. The van der Waals surface area contributed by atoms with Crippen LogP contribution in [0.15, 0.2) is 35.1 Å². The minimum absolute atomic E-state index is 0.292. The van der Waals surface area contributed by atoms with Crippen LogP contribution in [0.3, 0.4) is 0 Å². The Bertz CT molecular complexity index is 454. The summed E-state index contributed by atoms with van der Waals surface area (Å²) in [5.41, 5.74) is 1.17. The Morgan fingerprint density at radius 1 is 1.44 bits per heavy atom. The molecule has 0 aliphatic heterocycles. The molecule has 0 fully saturated rings. The first-order chi connectivity index (χ1) is 7.81. The summed E-state index contributed by atoms with van der Waals surface area (Å²) in [4.78, 5) is 3.90. The van der Waals surface area contributed by atoms with Gasteiger partial charge in [-0.2, -0.15) is 0 Å². The van der Waals surface area contributed by atoms with E-state index in [4.69, 9.17) is 9.15 Å². The second-order valence-corrected chi connectivity index (χ2v) is 3.29. The number of hydrogen-bond acceptors (Lipinski definition) is 3. The van der Waals surface area contributed by atoms with Gasteiger partial charge in [-0.1, -0.05) is 6.07 Å². The molecule has 3 nitrogen and oxygen atoms in total. The van der Waals surface area contributed by atoms with Gasteiger partial charge in [-0.05, 0) is 24.6 Å². The first kappa shape index (κ1) is 10.8. The van der Waals surface area contributed by atoms with E-state index in [-0.39, 0.29) is 5.82 Å². The van der Waals surface area contributed by atoms with Crippen molar-refractivity contribution in [2.24, 2.45) is 0 Å². The van der Waals surface area contributed by atoms with Crippen LogP contribution in [0.2, 0.25) is 0 Å². The van der Waals surface area contributed by atoms with Gasteiger partial charge in [0.2, 0.25) is 5.89 Å². The molecule has 0 saturated heterocycles. The van der Waals surface area contributed by atoms with Gasteiger partial charge in [0, 0.05) is 6.61 Å². The summed E-state index contributed by atoms with van der Waals surface area (Å²) < 4.78 is 23.9. The molecule has 0 saturated carbocycles. The van der Waals surface area contributed by atoms with E-state index in [2.05, 4.69) is 4.98 Å². The average Bonchev–Trinajstić information content (AvgIpc) is 2.80. The van der Waals surface area contributed by atoms with Crippen LogP contribution in [0.1, 0.15) is 12.5 Å². The number of rotatable bonds is 4. The number of oxazole rings is 1. The Kier molecular flexibility index (Phi) is 3.31. The van der Waals surface area contributed by atoms with Crippen molar-refractivity contribution in [2.45, 2.75) is 13.5 Å². The summed E-state index contributed by atoms with van der Waals surface area (Å²) in [6.45, 7) is 2.93. The van der Waals surface area contributed by atoms with E-state index in [1.165, 1.54) is 18.5 Å². The molecule has 2 aromatic rings. The Hall–Kier alpha value is -1.68. The minimum Gasteiger partial charge on any atom is -0.444 e. The van der Waals surface area contributed by atoms with Gasteiger partial charge in [-0.25, -0.2) is 9.37 Å². The zero-order valence-corrected chi connectivity index (χ0v) is 8.94. The van der Waals surface area contributed by atoms with Crippen LogP contribution in [0.4, 0.5) is 4.39 Å². The molecule has 0 amide bonds. The minimum atomic E-state index is -0.348. The fourth-order valence-corrected chi connectivity index (χ4v) is 1.40. The van der Waals surface area contributed by atoms with Gasteiger partial charge in [0.15, 0.2) is 0 Å². The van der Waals surface area contributed by atoms with Gasteiger partial charge in [-0.3, -0.25) is 0 Å². The molecular weight excluding hydrogens is 209 g/mol. The number of nitrogens with zero attached hydrogens (tertiary/aromatic N) is 1. The maximum absolute atomic E-state index is 13.7. The van der Waals surface area contributed by atoms with Crippen LogP contribution in [-0.4, -0.2) is 11.6 Å². The molecule has 0 aliphatic rings. The standard InChI is InChI=1S/C12H12FNO2/c1-2-15-8-9-3-4-10(11(13)7-9)12-14-5-6-16-12/h3-7H,2,8H2,1H3. The van der Waals surface area contributed by atoms with Crippen LogP contribution >= 0.6 is 0 Å². The molecule has 84 valence electrons. The number of ether oxygens (including phenoxy) is 1. The molecule has 0 atom stereocenters. The van der Waals surface area contributed by atoms with Crippen molar-refractivity contribution in [3.63, 3.8) is 0 Å². The fourth-order valence-electron chi connectivity index (χ4n) is 1.40. The highest BCUT2D eigenvalue weighted by Gasteiger charge is 2.09. The molecule has 1 heterocycles. The lowest BCUT2D eigenvalue weighted by Crippen LogP contribution is -1.94. The molecule has 0 aliphatic carbocycles. The van der Waals surface area contributed by atoms with Gasteiger partial charge in [0.25, 0.3) is 0 Å². The molecule has 0 bridgehead atoms. The molecule has 2 rings (SSSR count). The van der Waals surface area contributed by atoms with Crippen LogP contribution in [0, 0.1) is 5.82 Å². The molecule has 0 spiro atoms. The summed E-state index contributed by atoms with van der Waals surface area (Å²) in [7, 11) is 0. The lowest BCUT2D eigenvalue weighted by molar-refractivity contribution is 0.134. The van der Waals surface area contributed by atoms with Gasteiger partial charge >= 0.3 is 0 Å². The van der Waals surface area contributed by atoms with Crippen molar-refractivity contribution in [1.29, 1.82) is 0 Å². The lowest BCUT2D eigenvalue weighted by atomic mass is 10.1. The van der Waals surface area contributed by atoms with E-state index in [1.54, 1.807) is 12.1 Å². The fraction of sp³-hybridized carbons (Fsp3) is 0.250. The van der Waals surface area contributed by atoms with Gasteiger partial charge in [0.05, 0.1) is 18.4 Å². The first-order valence-corrected chi connectivity index (χ1v) is 5.07. The molecule has 1 aromatic heterocycles. The Morgan fingerprint density at radius 3 is 2.94 bits per heavy atom. The second kappa shape index (κ2) is 4.90. The van der Waals surface area contributed by atoms with Crippen molar-refractivity contribution < 1.29 is 13.5 Å². The van der Waals surface area contributed by atoms with Gasteiger partial charge < -0.3 is 9.15 Å². The second-order valence-electron chi connectivity index (χ2n) is 3.29. The normalized spacial score (nSPS) is 10.6. The highest BCUT2D eigenvalue weighted by atomic mass is 19.1. The molecule has 1 aromatic carbocycles. The predicted octanol–water partition coefficient (Wildman–Crippen LogP) is 3.02. The van der Waals surface area contributed by atoms with Crippen LogP contribution in [0.5, 0.6) is 0 Å². The molecule has 4 heteroatoms. The van der Waals surface area contributed by atoms with Crippen molar-refractivity contribution >= 4 is 0 Å². The van der Waals surface area contributed by atoms with Crippen LogP contribution in [-0.2, 0) is 11.3 Å². The van der Waals surface area contributed by atoms with E-state index in [1.807, 2.05) is 6.92 Å². The van der Waals surface area contributed by atoms with E-state index >= 15 is 0 Å². The Balaban J connectivity index is 2.23. The number of halogens is 1. The Labute approximate surface area is 92.9 Å². The number of benzene rings is 1. The summed E-state index contributed by atoms with van der Waals surface area (Å²) in [6, 6.07) is 4.89. The third-order valence-corrected chi connectivity index (χ3v) is 2.17. The van der Waals surface area contributed by atoms with Crippen molar-refractivity contribution in [3.05, 3.63) is 42.0 Å². The summed E-state index contributed by atoms with van der Waals surface area (Å²) in [5, 5.41) is 0. The third kappa shape index (κ3) is 2.28. The van der Waals surface area contributed by atoms with Crippen LogP contribution < -0.4 is 0 Å². The highest BCUT2D eigenvalue weighted by Crippen LogP contribution is 2.22. The maximum Gasteiger partial charge on any atom is 0.228 e. The SMILES string of the molecule is CCOCc1ccc(-c2ncco2)c(F)c1. The van der Waals surface area contributed by atoms with Crippen molar-refractivity contribution in [3.8, 4) is 11.5 Å². The highest BCUT2D eigenvalue weighted by molar-refractivity contribution is 5.54. The quantitative estimate of drug-likeness (QED) is 0.796. The summed E-state index contributed by atoms with van der Waals surface area (Å²) in [6.07, 6.45) is 2.91. The smallest absolute Gasteiger partial charge is 0.228 e. The first-order valence-electron chi connectivity index (χ1n) is 5.07. The average molecular weight is 221 g/mol. The number of hydrogen-bond donors (Lipinski definition) is 0. The van der Waals surface area contributed by atoms with Gasteiger partial charge in [0.1, 0.15) is 12.1 Å². The third-order valence-electron chi connectivity index (χ3n) is 2.17. The zero-order valence-electron chi connectivity index (χ0n) is 8.94. The summed E-state index contributed by atoms with van der Waals surface area (Å²) in [5.74, 6) is -0.0555. The topological polar surface area (TPSA) is 35.3 Å². The van der Waals surface area contributed by atoms with E-state index in [0.29, 0.717) is 24.7 Å². The monoisotopic (exact) mass is 221 g/mol. The van der Waals surface area contributed by atoms with Crippen LogP contribution in [0.25, 0.3) is 11.5 Å². The number of aromatic nitrogens is 1. The molecule has 0 radical (unpaired) electrons. The van der Waals surface area contributed by atoms with Crippen molar-refractivity contribution in [1.82, 2.24) is 4.98 Å². The molecule has 0 N–H and O–H groups in total. The Morgan fingerprint density at radius 2 is 2.31 bits per heavy atom. The van der Waals surface area contributed by atoms with Crippen molar-refractivity contribution in [2.75, 3.05) is 6.61 Å². The largest absolute Gasteiger partial charge is 0.444 e.